The minimum atomic E-state index is 1.13. The maximum atomic E-state index is 2.20. The van der Waals surface area contributed by atoms with E-state index in [4.69, 9.17) is 0 Å². The fourth-order valence-electron chi connectivity index (χ4n) is 2.39. The summed E-state index contributed by atoms with van der Waals surface area (Å²) in [6, 6.07) is 31.1. The SMILES string of the molecule is CN(c1ccccc1)[N+](c1ccccc1)c1ccccc1. The van der Waals surface area contributed by atoms with Crippen LogP contribution in [0.15, 0.2) is 91.0 Å². The molecule has 3 aromatic carbocycles. The van der Waals surface area contributed by atoms with Gasteiger partial charge in [-0.05, 0) is 12.1 Å². The minimum absolute atomic E-state index is 1.13. The highest BCUT2D eigenvalue weighted by Crippen LogP contribution is 2.28. The Morgan fingerprint density at radius 2 is 0.952 bits per heavy atom. The Labute approximate surface area is 125 Å². The first-order valence-corrected chi connectivity index (χ1v) is 7.05. The van der Waals surface area contributed by atoms with Crippen LogP contribution in [0.2, 0.25) is 0 Å². The molecule has 3 aromatic rings. The Morgan fingerprint density at radius 1 is 0.571 bits per heavy atom. The summed E-state index contributed by atoms with van der Waals surface area (Å²) in [6.45, 7) is 0. The van der Waals surface area contributed by atoms with Crippen molar-refractivity contribution in [2.24, 2.45) is 0 Å². The fourth-order valence-corrected chi connectivity index (χ4v) is 2.39. The summed E-state index contributed by atoms with van der Waals surface area (Å²) in [4.78, 5) is 0. The normalized spacial score (nSPS) is 10.6. The van der Waals surface area contributed by atoms with Gasteiger partial charge in [0.05, 0.1) is 12.7 Å². The molecule has 0 N–H and O–H groups in total. The quantitative estimate of drug-likeness (QED) is 0.488. The van der Waals surface area contributed by atoms with Gasteiger partial charge in [-0.3, -0.25) is 0 Å². The van der Waals surface area contributed by atoms with Crippen molar-refractivity contribution < 1.29 is 0 Å². The van der Waals surface area contributed by atoms with Crippen LogP contribution in [0.3, 0.4) is 0 Å². The Kier molecular flexibility index (Phi) is 3.99. The van der Waals surface area contributed by atoms with Crippen LogP contribution in [-0.2, 0) is 0 Å². The molecule has 0 saturated carbocycles. The van der Waals surface area contributed by atoms with Crippen molar-refractivity contribution in [1.82, 2.24) is 5.01 Å². The fraction of sp³-hybridized carbons (Fsp3) is 0.0526. The molecule has 0 bridgehead atoms. The van der Waals surface area contributed by atoms with Crippen molar-refractivity contribution in [3.63, 3.8) is 0 Å². The molecule has 0 saturated heterocycles. The molecule has 0 fully saturated rings. The number of rotatable bonds is 4. The van der Waals surface area contributed by atoms with E-state index < -0.39 is 0 Å². The molecule has 0 spiro atoms. The lowest BCUT2D eigenvalue weighted by Gasteiger charge is -2.21. The predicted octanol–water partition coefficient (Wildman–Crippen LogP) is 4.84. The molecule has 0 aliphatic carbocycles. The second-order valence-electron chi connectivity index (χ2n) is 4.84. The molecule has 2 nitrogen and oxygen atoms in total. The third kappa shape index (κ3) is 2.96. The standard InChI is InChI=1S/C19H18N2/c1-20(17-11-5-2-6-12-17)21(18-13-7-3-8-14-18)19-15-9-4-10-16-19/h2-16H,1H3/q+1. The highest BCUT2D eigenvalue weighted by molar-refractivity contribution is 5.59. The molecule has 0 aliphatic heterocycles. The van der Waals surface area contributed by atoms with Crippen LogP contribution >= 0.6 is 0 Å². The van der Waals surface area contributed by atoms with Gasteiger partial charge in [0.1, 0.15) is 0 Å². The van der Waals surface area contributed by atoms with Crippen LogP contribution in [0.4, 0.5) is 17.1 Å². The van der Waals surface area contributed by atoms with Gasteiger partial charge in [0.2, 0.25) is 11.4 Å². The zero-order chi connectivity index (χ0) is 14.5. The number of para-hydroxylation sites is 3. The highest BCUT2D eigenvalue weighted by Gasteiger charge is 2.28. The molecule has 3 rings (SSSR count). The van der Waals surface area contributed by atoms with E-state index in [0.717, 1.165) is 17.1 Å². The molecule has 0 aromatic heterocycles. The van der Waals surface area contributed by atoms with Gasteiger partial charge < -0.3 is 0 Å². The van der Waals surface area contributed by atoms with E-state index in [-0.39, 0.29) is 0 Å². The van der Waals surface area contributed by atoms with E-state index in [1.54, 1.807) is 0 Å². The Balaban J connectivity index is 2.05. The summed E-state index contributed by atoms with van der Waals surface area (Å²) in [6.07, 6.45) is 0. The summed E-state index contributed by atoms with van der Waals surface area (Å²) < 4.78 is 0. The topological polar surface area (TPSA) is 9.14 Å². The molecule has 0 unspecified atom stereocenters. The van der Waals surface area contributed by atoms with E-state index >= 15 is 0 Å². The van der Waals surface area contributed by atoms with Gasteiger partial charge in [-0.1, -0.05) is 54.6 Å². The molecular weight excluding hydrogens is 256 g/mol. The van der Waals surface area contributed by atoms with Crippen molar-refractivity contribution in [2.45, 2.75) is 0 Å². The number of benzene rings is 3. The van der Waals surface area contributed by atoms with Crippen LogP contribution < -0.4 is 10.0 Å². The van der Waals surface area contributed by atoms with Gasteiger partial charge in [0, 0.05) is 29.3 Å². The van der Waals surface area contributed by atoms with Gasteiger partial charge in [0.25, 0.3) is 0 Å². The molecule has 0 heterocycles. The number of hydrogen-bond donors (Lipinski definition) is 0. The average Bonchev–Trinajstić information content (AvgIpc) is 2.58. The molecule has 0 amide bonds. The van der Waals surface area contributed by atoms with Gasteiger partial charge >= 0.3 is 0 Å². The average molecular weight is 274 g/mol. The number of hydrogen-bond acceptors (Lipinski definition) is 2. The minimum Gasteiger partial charge on any atom is -0.167 e. The summed E-state index contributed by atoms with van der Waals surface area (Å²) in [5.74, 6) is 0. The smallest absolute Gasteiger partial charge is 0.167 e. The second-order valence-corrected chi connectivity index (χ2v) is 4.84. The monoisotopic (exact) mass is 274 g/mol. The van der Waals surface area contributed by atoms with Crippen molar-refractivity contribution >= 4 is 17.1 Å². The second kappa shape index (κ2) is 6.25. The molecule has 1 radical (unpaired) electrons. The molecule has 21 heavy (non-hydrogen) atoms. The maximum Gasteiger partial charge on any atom is 0.216 e. The third-order valence-corrected chi connectivity index (χ3v) is 3.43. The van der Waals surface area contributed by atoms with E-state index in [9.17, 15) is 0 Å². The van der Waals surface area contributed by atoms with Crippen molar-refractivity contribution in [3.8, 4) is 0 Å². The third-order valence-electron chi connectivity index (χ3n) is 3.43. The summed E-state index contributed by atoms with van der Waals surface area (Å²) in [5, 5.41) is 4.36. The first kappa shape index (κ1) is 13.4. The van der Waals surface area contributed by atoms with Crippen LogP contribution in [-0.4, -0.2) is 7.05 Å². The maximum absolute atomic E-state index is 2.20. The van der Waals surface area contributed by atoms with E-state index in [0.29, 0.717) is 0 Å². The molecule has 0 atom stereocenters. The van der Waals surface area contributed by atoms with Crippen LogP contribution in [0, 0.1) is 0 Å². The van der Waals surface area contributed by atoms with Gasteiger partial charge in [-0.15, -0.1) is 0 Å². The van der Waals surface area contributed by atoms with Crippen molar-refractivity contribution in [3.05, 3.63) is 91.0 Å². The highest BCUT2D eigenvalue weighted by atomic mass is 15.6. The largest absolute Gasteiger partial charge is 0.216 e. The van der Waals surface area contributed by atoms with Crippen molar-refractivity contribution in [2.75, 3.05) is 12.1 Å². The van der Waals surface area contributed by atoms with Crippen molar-refractivity contribution in [1.29, 1.82) is 0 Å². The van der Waals surface area contributed by atoms with Gasteiger partial charge in [-0.2, -0.15) is 5.01 Å². The van der Waals surface area contributed by atoms with Gasteiger partial charge in [0.15, 0.2) is 0 Å². The zero-order valence-corrected chi connectivity index (χ0v) is 12.1. The zero-order valence-electron chi connectivity index (χ0n) is 12.1. The number of anilines is 3. The van der Waals surface area contributed by atoms with Crippen LogP contribution in [0.25, 0.3) is 0 Å². The number of nitrogens with zero attached hydrogens (tertiary/aromatic N) is 2. The Bertz CT molecular complexity index is 626. The Hall–Kier alpha value is -2.58. The van der Waals surface area contributed by atoms with E-state index in [1.165, 1.54) is 0 Å². The lowest BCUT2D eigenvalue weighted by molar-refractivity contribution is 0.671. The summed E-state index contributed by atoms with van der Waals surface area (Å²) >= 11 is 0. The molecular formula is C19H18N2+. The van der Waals surface area contributed by atoms with E-state index in [1.807, 2.05) is 18.2 Å². The predicted molar refractivity (Wildman–Crippen MR) is 89.2 cm³/mol. The Morgan fingerprint density at radius 3 is 1.38 bits per heavy atom. The molecule has 0 aliphatic rings. The summed E-state index contributed by atoms with van der Waals surface area (Å²) in [7, 11) is 2.08. The van der Waals surface area contributed by atoms with Crippen LogP contribution in [0.5, 0.6) is 0 Å². The summed E-state index contributed by atoms with van der Waals surface area (Å²) in [5.41, 5.74) is 3.41. The first-order chi connectivity index (χ1) is 10.4. The molecule has 2 heteroatoms. The molecule has 103 valence electrons. The van der Waals surface area contributed by atoms with E-state index in [2.05, 4.69) is 89.9 Å². The van der Waals surface area contributed by atoms with Crippen LogP contribution in [0.1, 0.15) is 0 Å². The lowest BCUT2D eigenvalue weighted by atomic mass is 10.2. The first-order valence-electron chi connectivity index (χ1n) is 7.05. The lowest BCUT2D eigenvalue weighted by Crippen LogP contribution is -2.37. The van der Waals surface area contributed by atoms with Gasteiger partial charge in [-0.25, -0.2) is 0 Å². The number of hydrazine groups is 1.